The first-order valence-corrected chi connectivity index (χ1v) is 8.35. The number of esters is 2. The lowest BCUT2D eigenvalue weighted by Crippen LogP contribution is -2.12. The number of carbonyl (C=O) groups excluding carboxylic acids is 2. The standard InChI is InChI=1S/C17H14BrN3O4/c1-11(22)24-16-5-3-2-4-15(16)17(23)25-14-7-6-12(9-18)13(8-14)10-20-21-19/h2-8H,9-10H2,1H3. The number of rotatable bonds is 6. The molecule has 2 rings (SSSR count). The van der Waals surface area contributed by atoms with Crippen LogP contribution in [0.25, 0.3) is 10.4 Å². The van der Waals surface area contributed by atoms with E-state index in [4.69, 9.17) is 15.0 Å². The highest BCUT2D eigenvalue weighted by molar-refractivity contribution is 9.08. The van der Waals surface area contributed by atoms with Crippen molar-refractivity contribution in [2.75, 3.05) is 0 Å². The summed E-state index contributed by atoms with van der Waals surface area (Å²) in [6, 6.07) is 11.4. The van der Waals surface area contributed by atoms with Crippen molar-refractivity contribution in [1.82, 2.24) is 0 Å². The lowest BCUT2D eigenvalue weighted by atomic mass is 10.1. The number of benzene rings is 2. The number of ether oxygens (including phenoxy) is 2. The Balaban J connectivity index is 2.26. The largest absolute Gasteiger partial charge is 0.426 e. The van der Waals surface area contributed by atoms with Gasteiger partial charge >= 0.3 is 11.9 Å². The molecule has 0 atom stereocenters. The molecule has 8 heteroatoms. The van der Waals surface area contributed by atoms with Crippen LogP contribution in [-0.4, -0.2) is 11.9 Å². The summed E-state index contributed by atoms with van der Waals surface area (Å²) in [7, 11) is 0. The number of hydrogen-bond acceptors (Lipinski definition) is 5. The molecular weight excluding hydrogens is 390 g/mol. The molecule has 25 heavy (non-hydrogen) atoms. The third-order valence-electron chi connectivity index (χ3n) is 3.20. The van der Waals surface area contributed by atoms with Gasteiger partial charge in [-0.3, -0.25) is 4.79 Å². The van der Waals surface area contributed by atoms with E-state index in [-0.39, 0.29) is 17.9 Å². The Bertz CT molecular complexity index is 848. The van der Waals surface area contributed by atoms with Crippen LogP contribution in [0.4, 0.5) is 0 Å². The van der Waals surface area contributed by atoms with Crippen LogP contribution in [0, 0.1) is 0 Å². The van der Waals surface area contributed by atoms with Crippen LogP contribution >= 0.6 is 15.9 Å². The van der Waals surface area contributed by atoms with Crippen molar-refractivity contribution in [3.05, 3.63) is 69.6 Å². The zero-order valence-electron chi connectivity index (χ0n) is 13.3. The van der Waals surface area contributed by atoms with Gasteiger partial charge in [0.1, 0.15) is 17.1 Å². The van der Waals surface area contributed by atoms with Gasteiger partial charge in [0, 0.05) is 17.2 Å². The highest BCUT2D eigenvalue weighted by Crippen LogP contribution is 2.24. The van der Waals surface area contributed by atoms with Gasteiger partial charge in [0.15, 0.2) is 0 Å². The first kappa shape index (κ1) is 18.5. The van der Waals surface area contributed by atoms with Gasteiger partial charge in [0.2, 0.25) is 0 Å². The molecule has 7 nitrogen and oxygen atoms in total. The van der Waals surface area contributed by atoms with Gasteiger partial charge in [-0.15, -0.1) is 0 Å². The van der Waals surface area contributed by atoms with E-state index < -0.39 is 11.9 Å². The average molecular weight is 404 g/mol. The van der Waals surface area contributed by atoms with E-state index in [1.165, 1.54) is 19.1 Å². The van der Waals surface area contributed by atoms with Crippen LogP contribution in [-0.2, 0) is 16.7 Å². The van der Waals surface area contributed by atoms with Crippen molar-refractivity contribution in [2.45, 2.75) is 18.8 Å². The summed E-state index contributed by atoms with van der Waals surface area (Å²) in [5, 5.41) is 4.11. The molecule has 0 spiro atoms. The third-order valence-corrected chi connectivity index (χ3v) is 3.80. The fourth-order valence-corrected chi connectivity index (χ4v) is 2.64. The predicted molar refractivity (Wildman–Crippen MR) is 94.6 cm³/mol. The summed E-state index contributed by atoms with van der Waals surface area (Å²) in [5.41, 5.74) is 10.3. The van der Waals surface area contributed by atoms with Crippen LogP contribution in [0.3, 0.4) is 0 Å². The molecule has 0 aromatic heterocycles. The second-order valence-corrected chi connectivity index (χ2v) is 5.49. The van der Waals surface area contributed by atoms with E-state index in [2.05, 4.69) is 26.0 Å². The minimum atomic E-state index is -0.654. The van der Waals surface area contributed by atoms with Crippen molar-refractivity contribution in [1.29, 1.82) is 0 Å². The number of hydrogen-bond donors (Lipinski definition) is 0. The minimum absolute atomic E-state index is 0.131. The van der Waals surface area contributed by atoms with Gasteiger partial charge in [-0.05, 0) is 40.9 Å². The smallest absolute Gasteiger partial charge is 0.347 e. The second-order valence-electron chi connectivity index (χ2n) is 4.93. The number of halogens is 1. The summed E-state index contributed by atoms with van der Waals surface area (Å²) in [5.74, 6) is -0.751. The van der Waals surface area contributed by atoms with E-state index in [1.807, 2.05) is 0 Å². The number of alkyl halides is 1. The Kier molecular flexibility index (Phi) is 6.56. The first-order valence-electron chi connectivity index (χ1n) is 7.23. The Morgan fingerprint density at radius 1 is 1.16 bits per heavy atom. The number of carbonyl (C=O) groups is 2. The maximum Gasteiger partial charge on any atom is 0.347 e. The summed E-state index contributed by atoms with van der Waals surface area (Å²) in [4.78, 5) is 26.3. The van der Waals surface area contributed by atoms with E-state index in [1.54, 1.807) is 30.3 Å². The van der Waals surface area contributed by atoms with Crippen LogP contribution in [0.2, 0.25) is 0 Å². The lowest BCUT2D eigenvalue weighted by molar-refractivity contribution is -0.131. The fourth-order valence-electron chi connectivity index (χ4n) is 2.09. The predicted octanol–water partition coefficient (Wildman–Crippen LogP) is 4.54. The highest BCUT2D eigenvalue weighted by Gasteiger charge is 2.16. The molecule has 2 aromatic rings. The fraction of sp³-hybridized carbons (Fsp3) is 0.176. The molecule has 0 amide bonds. The molecule has 0 N–H and O–H groups in total. The zero-order valence-corrected chi connectivity index (χ0v) is 14.9. The van der Waals surface area contributed by atoms with E-state index in [0.29, 0.717) is 11.1 Å². The molecule has 0 bridgehead atoms. The van der Waals surface area contributed by atoms with Crippen LogP contribution < -0.4 is 9.47 Å². The summed E-state index contributed by atoms with van der Waals surface area (Å²) < 4.78 is 10.4. The third kappa shape index (κ3) is 5.07. The van der Waals surface area contributed by atoms with Crippen LogP contribution in [0.5, 0.6) is 11.5 Å². The molecule has 0 aliphatic heterocycles. The monoisotopic (exact) mass is 403 g/mol. The molecule has 0 unspecified atom stereocenters. The molecule has 0 saturated heterocycles. The van der Waals surface area contributed by atoms with Gasteiger partial charge in [-0.1, -0.05) is 39.2 Å². The molecule has 2 aromatic carbocycles. The van der Waals surface area contributed by atoms with Gasteiger partial charge in [-0.25, -0.2) is 4.79 Å². The second kappa shape index (κ2) is 8.86. The molecule has 128 valence electrons. The van der Waals surface area contributed by atoms with E-state index >= 15 is 0 Å². The van der Waals surface area contributed by atoms with Gasteiger partial charge in [-0.2, -0.15) is 0 Å². The van der Waals surface area contributed by atoms with E-state index in [9.17, 15) is 9.59 Å². The molecule has 0 saturated carbocycles. The quantitative estimate of drug-likeness (QED) is 0.176. The normalized spacial score (nSPS) is 9.84. The Morgan fingerprint density at radius 3 is 2.60 bits per heavy atom. The number of para-hydroxylation sites is 1. The topological polar surface area (TPSA) is 101 Å². The molecule has 0 radical (unpaired) electrons. The Labute approximate surface area is 152 Å². The molecule has 0 aliphatic rings. The Morgan fingerprint density at radius 2 is 1.92 bits per heavy atom. The number of azide groups is 1. The van der Waals surface area contributed by atoms with Crippen molar-refractivity contribution >= 4 is 27.9 Å². The van der Waals surface area contributed by atoms with Crippen molar-refractivity contribution in [3.8, 4) is 11.5 Å². The SMILES string of the molecule is CC(=O)Oc1ccccc1C(=O)Oc1ccc(CBr)c(CN=[N+]=[N-])c1. The molecule has 0 heterocycles. The van der Waals surface area contributed by atoms with Crippen molar-refractivity contribution in [2.24, 2.45) is 5.11 Å². The van der Waals surface area contributed by atoms with Crippen molar-refractivity contribution in [3.63, 3.8) is 0 Å². The van der Waals surface area contributed by atoms with Crippen LogP contribution in [0.15, 0.2) is 47.6 Å². The highest BCUT2D eigenvalue weighted by atomic mass is 79.9. The van der Waals surface area contributed by atoms with Gasteiger partial charge in [0.05, 0.1) is 6.54 Å². The van der Waals surface area contributed by atoms with Gasteiger partial charge in [0.25, 0.3) is 0 Å². The summed E-state index contributed by atoms with van der Waals surface area (Å²) in [6.07, 6.45) is 0. The zero-order chi connectivity index (χ0) is 18.2. The lowest BCUT2D eigenvalue weighted by Gasteiger charge is -2.11. The Hall–Kier alpha value is -2.83. The molecule has 0 fully saturated rings. The van der Waals surface area contributed by atoms with Crippen molar-refractivity contribution < 1.29 is 19.1 Å². The minimum Gasteiger partial charge on any atom is -0.426 e. The summed E-state index contributed by atoms with van der Waals surface area (Å²) >= 11 is 3.35. The maximum atomic E-state index is 12.4. The molecule has 0 aliphatic carbocycles. The van der Waals surface area contributed by atoms with E-state index in [0.717, 1.165) is 11.1 Å². The number of nitrogens with zero attached hydrogens (tertiary/aromatic N) is 3. The maximum absolute atomic E-state index is 12.4. The van der Waals surface area contributed by atoms with Gasteiger partial charge < -0.3 is 9.47 Å². The average Bonchev–Trinajstić information content (AvgIpc) is 2.60. The van der Waals surface area contributed by atoms with Crippen LogP contribution in [0.1, 0.15) is 28.4 Å². The first-order chi connectivity index (χ1) is 12.0. The summed E-state index contributed by atoms with van der Waals surface area (Å²) in [6.45, 7) is 1.40. The molecular formula is C17H14BrN3O4.